The summed E-state index contributed by atoms with van der Waals surface area (Å²) in [6.45, 7) is 2.72. The molecule has 86 valence electrons. The fraction of sp³-hybridized carbons (Fsp3) is 0.417. The van der Waals surface area contributed by atoms with Gasteiger partial charge in [-0.3, -0.25) is 4.79 Å². The molecule has 1 aliphatic rings. The normalized spacial score (nSPS) is 22.9. The first kappa shape index (κ1) is 10.9. The molecule has 3 nitrogen and oxygen atoms in total. The van der Waals surface area contributed by atoms with E-state index in [0.717, 1.165) is 12.5 Å². The van der Waals surface area contributed by atoms with E-state index >= 15 is 0 Å². The highest BCUT2D eigenvalue weighted by molar-refractivity contribution is 5.94. The third-order valence-corrected chi connectivity index (χ3v) is 3.00. The van der Waals surface area contributed by atoms with Gasteiger partial charge in [-0.2, -0.15) is 0 Å². The molecular weight excluding hydrogens is 209 g/mol. The minimum Gasteiger partial charge on any atom is -0.508 e. The molecule has 0 saturated heterocycles. The first-order chi connectivity index (χ1) is 7.58. The van der Waals surface area contributed by atoms with Crippen LogP contribution in [0.25, 0.3) is 0 Å². The summed E-state index contributed by atoms with van der Waals surface area (Å²) in [6.07, 6.45) is 1.12. The fourth-order valence-corrected chi connectivity index (χ4v) is 1.69. The Labute approximate surface area is 93.3 Å². The molecule has 1 aliphatic carbocycles. The number of carbonyl (C=O) groups excluding carboxylic acids is 1. The Morgan fingerprint density at radius 3 is 2.88 bits per heavy atom. The molecule has 2 unspecified atom stereocenters. The van der Waals surface area contributed by atoms with E-state index in [2.05, 4.69) is 12.2 Å². The zero-order chi connectivity index (χ0) is 11.7. The Hall–Kier alpha value is -1.58. The second-order valence-corrected chi connectivity index (χ2v) is 4.35. The highest BCUT2D eigenvalue weighted by Crippen LogP contribution is 2.36. The lowest BCUT2D eigenvalue weighted by atomic mass is 10.2. The molecule has 0 heterocycles. The van der Waals surface area contributed by atoms with E-state index in [0.29, 0.717) is 18.4 Å². The topological polar surface area (TPSA) is 49.3 Å². The Morgan fingerprint density at radius 1 is 1.62 bits per heavy atom. The fourth-order valence-electron chi connectivity index (χ4n) is 1.69. The molecule has 1 fully saturated rings. The Kier molecular flexibility index (Phi) is 2.81. The standard InChI is InChI=1S/C12H14FNO2/c1-7-4-8(7)6-14-12(16)10-3-2-9(15)5-11(10)13/h2-3,5,7-8,15H,4,6H2,1H3,(H,14,16). The number of halogens is 1. The van der Waals surface area contributed by atoms with Gasteiger partial charge in [0.2, 0.25) is 0 Å². The van der Waals surface area contributed by atoms with Gasteiger partial charge in [0.25, 0.3) is 5.91 Å². The van der Waals surface area contributed by atoms with E-state index in [9.17, 15) is 9.18 Å². The van der Waals surface area contributed by atoms with E-state index in [1.54, 1.807) is 0 Å². The Balaban J connectivity index is 1.97. The van der Waals surface area contributed by atoms with Crippen LogP contribution in [0, 0.1) is 17.7 Å². The van der Waals surface area contributed by atoms with Crippen LogP contribution in [-0.4, -0.2) is 17.6 Å². The van der Waals surface area contributed by atoms with E-state index in [-0.39, 0.29) is 11.3 Å². The molecule has 0 spiro atoms. The number of benzene rings is 1. The molecule has 1 amide bonds. The van der Waals surface area contributed by atoms with Crippen molar-refractivity contribution in [3.05, 3.63) is 29.6 Å². The molecule has 2 rings (SSSR count). The number of rotatable bonds is 3. The maximum absolute atomic E-state index is 13.3. The van der Waals surface area contributed by atoms with Crippen molar-refractivity contribution >= 4 is 5.91 Å². The summed E-state index contributed by atoms with van der Waals surface area (Å²) in [6, 6.07) is 3.53. The lowest BCUT2D eigenvalue weighted by Gasteiger charge is -2.05. The van der Waals surface area contributed by atoms with Crippen LogP contribution in [0.5, 0.6) is 5.75 Å². The number of aromatic hydroxyl groups is 1. The van der Waals surface area contributed by atoms with Crippen LogP contribution < -0.4 is 5.32 Å². The van der Waals surface area contributed by atoms with Gasteiger partial charge in [0, 0.05) is 12.6 Å². The second kappa shape index (κ2) is 4.12. The maximum Gasteiger partial charge on any atom is 0.254 e. The molecule has 0 aliphatic heterocycles. The third-order valence-electron chi connectivity index (χ3n) is 3.00. The molecule has 0 bridgehead atoms. The molecule has 1 aromatic carbocycles. The van der Waals surface area contributed by atoms with Gasteiger partial charge in [-0.1, -0.05) is 6.92 Å². The van der Waals surface area contributed by atoms with Crippen molar-refractivity contribution in [1.29, 1.82) is 0 Å². The molecule has 4 heteroatoms. The van der Waals surface area contributed by atoms with Crippen molar-refractivity contribution in [3.63, 3.8) is 0 Å². The van der Waals surface area contributed by atoms with Crippen LogP contribution in [0.15, 0.2) is 18.2 Å². The molecule has 1 aromatic rings. The number of phenols is 1. The van der Waals surface area contributed by atoms with Gasteiger partial charge in [0.1, 0.15) is 11.6 Å². The van der Waals surface area contributed by atoms with Gasteiger partial charge in [-0.05, 0) is 30.4 Å². The van der Waals surface area contributed by atoms with Crippen LogP contribution in [0.4, 0.5) is 4.39 Å². The smallest absolute Gasteiger partial charge is 0.254 e. The lowest BCUT2D eigenvalue weighted by molar-refractivity contribution is 0.0947. The molecule has 16 heavy (non-hydrogen) atoms. The number of phenolic OH excluding ortho intramolecular Hbond substituents is 1. The quantitative estimate of drug-likeness (QED) is 0.822. The van der Waals surface area contributed by atoms with Crippen molar-refractivity contribution in [2.75, 3.05) is 6.54 Å². The number of nitrogens with one attached hydrogen (secondary N) is 1. The van der Waals surface area contributed by atoms with Gasteiger partial charge in [0.05, 0.1) is 5.56 Å². The highest BCUT2D eigenvalue weighted by Gasteiger charge is 2.32. The van der Waals surface area contributed by atoms with Gasteiger partial charge >= 0.3 is 0 Å². The average Bonchev–Trinajstić information content (AvgIpc) is 2.91. The minimum absolute atomic E-state index is 0.0221. The van der Waals surface area contributed by atoms with Crippen LogP contribution in [-0.2, 0) is 0 Å². The summed E-state index contributed by atoms with van der Waals surface area (Å²) >= 11 is 0. The van der Waals surface area contributed by atoms with E-state index in [1.807, 2.05) is 0 Å². The molecule has 1 saturated carbocycles. The monoisotopic (exact) mass is 223 g/mol. The molecule has 2 atom stereocenters. The van der Waals surface area contributed by atoms with Gasteiger partial charge in [0.15, 0.2) is 0 Å². The summed E-state index contributed by atoms with van der Waals surface area (Å²) in [5.74, 6) is -0.100. The lowest BCUT2D eigenvalue weighted by Crippen LogP contribution is -2.26. The van der Waals surface area contributed by atoms with Crippen LogP contribution in [0.1, 0.15) is 23.7 Å². The predicted octanol–water partition coefficient (Wildman–Crippen LogP) is 1.92. The summed E-state index contributed by atoms with van der Waals surface area (Å²) < 4.78 is 13.3. The Bertz CT molecular complexity index is 419. The number of hydrogen-bond acceptors (Lipinski definition) is 2. The van der Waals surface area contributed by atoms with E-state index < -0.39 is 11.7 Å². The first-order valence-corrected chi connectivity index (χ1v) is 5.34. The van der Waals surface area contributed by atoms with Crippen molar-refractivity contribution in [1.82, 2.24) is 5.32 Å². The Morgan fingerprint density at radius 2 is 2.31 bits per heavy atom. The number of hydrogen-bond donors (Lipinski definition) is 2. The van der Waals surface area contributed by atoms with Crippen molar-refractivity contribution in [2.24, 2.45) is 11.8 Å². The van der Waals surface area contributed by atoms with Crippen LogP contribution in [0.2, 0.25) is 0 Å². The number of carbonyl (C=O) groups is 1. The van der Waals surface area contributed by atoms with E-state index in [1.165, 1.54) is 12.1 Å². The largest absolute Gasteiger partial charge is 0.508 e. The molecule has 2 N–H and O–H groups in total. The minimum atomic E-state index is -0.693. The third kappa shape index (κ3) is 2.32. The van der Waals surface area contributed by atoms with Gasteiger partial charge in [-0.15, -0.1) is 0 Å². The average molecular weight is 223 g/mol. The maximum atomic E-state index is 13.3. The van der Waals surface area contributed by atoms with Crippen molar-refractivity contribution in [2.45, 2.75) is 13.3 Å². The second-order valence-electron chi connectivity index (χ2n) is 4.35. The first-order valence-electron chi connectivity index (χ1n) is 5.34. The molecule has 0 aromatic heterocycles. The summed E-state index contributed by atoms with van der Waals surface area (Å²) in [5, 5.41) is 11.7. The summed E-state index contributed by atoms with van der Waals surface area (Å²) in [4.78, 5) is 11.6. The predicted molar refractivity (Wildman–Crippen MR) is 57.7 cm³/mol. The highest BCUT2D eigenvalue weighted by atomic mass is 19.1. The molecular formula is C12H14FNO2. The molecule has 0 radical (unpaired) electrons. The van der Waals surface area contributed by atoms with Crippen molar-refractivity contribution in [3.8, 4) is 5.75 Å². The van der Waals surface area contributed by atoms with E-state index in [4.69, 9.17) is 5.11 Å². The summed E-state index contributed by atoms with van der Waals surface area (Å²) in [5.41, 5.74) is -0.0221. The van der Waals surface area contributed by atoms with Crippen LogP contribution >= 0.6 is 0 Å². The van der Waals surface area contributed by atoms with Gasteiger partial charge in [-0.25, -0.2) is 4.39 Å². The number of amides is 1. The zero-order valence-corrected chi connectivity index (χ0v) is 9.03. The SMILES string of the molecule is CC1CC1CNC(=O)c1ccc(O)cc1F. The van der Waals surface area contributed by atoms with Gasteiger partial charge < -0.3 is 10.4 Å². The van der Waals surface area contributed by atoms with Crippen molar-refractivity contribution < 1.29 is 14.3 Å². The van der Waals surface area contributed by atoms with Crippen LogP contribution in [0.3, 0.4) is 0 Å². The zero-order valence-electron chi connectivity index (χ0n) is 9.03. The summed E-state index contributed by atoms with van der Waals surface area (Å²) in [7, 11) is 0.